The molecule has 1 amide bonds. The standard InChI is InChI=1S/C22H21NO/c1-15(24)23-22-13-12-19(20-8-4-5-9-21(20)22)18-11-10-16-6-2-3-7-17(16)14-18/h2-11,14,19,22H,12-13H2,1H3,(H,23,24). The van der Waals surface area contributed by atoms with Crippen LogP contribution in [-0.4, -0.2) is 5.91 Å². The number of hydrogen-bond acceptors (Lipinski definition) is 1. The molecule has 2 atom stereocenters. The first kappa shape index (κ1) is 14.9. The summed E-state index contributed by atoms with van der Waals surface area (Å²) >= 11 is 0. The van der Waals surface area contributed by atoms with E-state index in [4.69, 9.17) is 0 Å². The van der Waals surface area contributed by atoms with Gasteiger partial charge in [-0.25, -0.2) is 0 Å². The molecule has 1 aliphatic carbocycles. The molecule has 0 fully saturated rings. The second-order valence-electron chi connectivity index (χ2n) is 6.62. The van der Waals surface area contributed by atoms with Gasteiger partial charge in [-0.05, 0) is 40.3 Å². The average Bonchev–Trinajstić information content (AvgIpc) is 2.61. The van der Waals surface area contributed by atoms with E-state index in [0.717, 1.165) is 12.8 Å². The van der Waals surface area contributed by atoms with Crippen LogP contribution in [0.4, 0.5) is 0 Å². The molecular formula is C22H21NO. The van der Waals surface area contributed by atoms with E-state index < -0.39 is 0 Å². The molecule has 3 aromatic carbocycles. The highest BCUT2D eigenvalue weighted by Gasteiger charge is 2.28. The molecule has 0 radical (unpaired) electrons. The zero-order chi connectivity index (χ0) is 16.5. The van der Waals surface area contributed by atoms with Gasteiger partial charge in [0, 0.05) is 12.8 Å². The number of rotatable bonds is 2. The van der Waals surface area contributed by atoms with E-state index in [0.29, 0.717) is 5.92 Å². The fourth-order valence-corrected chi connectivity index (χ4v) is 3.96. The minimum absolute atomic E-state index is 0.0407. The zero-order valence-corrected chi connectivity index (χ0v) is 13.8. The van der Waals surface area contributed by atoms with Crippen LogP contribution < -0.4 is 5.32 Å². The van der Waals surface area contributed by atoms with Gasteiger partial charge < -0.3 is 5.32 Å². The van der Waals surface area contributed by atoms with Crippen LogP contribution >= 0.6 is 0 Å². The normalized spacial score (nSPS) is 19.7. The Morgan fingerprint density at radius 2 is 1.58 bits per heavy atom. The van der Waals surface area contributed by atoms with Gasteiger partial charge in [0.05, 0.1) is 6.04 Å². The number of nitrogens with one attached hydrogen (secondary N) is 1. The van der Waals surface area contributed by atoms with E-state index >= 15 is 0 Å². The lowest BCUT2D eigenvalue weighted by Crippen LogP contribution is -2.30. The van der Waals surface area contributed by atoms with Gasteiger partial charge in [0.15, 0.2) is 0 Å². The lowest BCUT2D eigenvalue weighted by molar-refractivity contribution is -0.119. The third kappa shape index (κ3) is 2.69. The second kappa shape index (κ2) is 6.12. The molecule has 2 unspecified atom stereocenters. The maximum absolute atomic E-state index is 11.5. The average molecular weight is 315 g/mol. The lowest BCUT2D eigenvalue weighted by Gasteiger charge is -2.32. The smallest absolute Gasteiger partial charge is 0.217 e. The largest absolute Gasteiger partial charge is 0.350 e. The van der Waals surface area contributed by atoms with Crippen molar-refractivity contribution >= 4 is 16.7 Å². The SMILES string of the molecule is CC(=O)NC1CCC(c2ccc3ccccc3c2)c2ccccc21. The van der Waals surface area contributed by atoms with Gasteiger partial charge in [0.1, 0.15) is 0 Å². The Kier molecular flexibility index (Phi) is 3.81. The number of hydrogen-bond donors (Lipinski definition) is 1. The summed E-state index contributed by atoms with van der Waals surface area (Å²) in [4.78, 5) is 11.5. The Balaban J connectivity index is 1.76. The first-order valence-corrected chi connectivity index (χ1v) is 8.57. The molecule has 1 aliphatic rings. The van der Waals surface area contributed by atoms with E-state index in [1.807, 2.05) is 0 Å². The Morgan fingerprint density at radius 1 is 0.875 bits per heavy atom. The molecule has 3 aromatic rings. The van der Waals surface area contributed by atoms with Crippen molar-refractivity contribution < 1.29 is 4.79 Å². The van der Waals surface area contributed by atoms with Crippen molar-refractivity contribution in [1.29, 1.82) is 0 Å². The van der Waals surface area contributed by atoms with Gasteiger partial charge in [-0.2, -0.15) is 0 Å². The van der Waals surface area contributed by atoms with Crippen LogP contribution in [0.25, 0.3) is 10.8 Å². The van der Waals surface area contributed by atoms with Crippen LogP contribution in [0.1, 0.15) is 48.4 Å². The summed E-state index contributed by atoms with van der Waals surface area (Å²) < 4.78 is 0. The van der Waals surface area contributed by atoms with E-state index in [2.05, 4.69) is 72.0 Å². The molecule has 4 rings (SSSR count). The van der Waals surface area contributed by atoms with Crippen molar-refractivity contribution in [2.24, 2.45) is 0 Å². The topological polar surface area (TPSA) is 29.1 Å². The summed E-state index contributed by atoms with van der Waals surface area (Å²) in [6.07, 6.45) is 2.04. The molecule has 0 saturated heterocycles. The molecule has 24 heavy (non-hydrogen) atoms. The Labute approximate surface area is 142 Å². The maximum atomic E-state index is 11.5. The highest BCUT2D eigenvalue weighted by Crippen LogP contribution is 2.41. The molecule has 0 aromatic heterocycles. The summed E-state index contributed by atoms with van der Waals surface area (Å²) in [6.45, 7) is 1.60. The van der Waals surface area contributed by atoms with Gasteiger partial charge in [-0.15, -0.1) is 0 Å². The van der Waals surface area contributed by atoms with Gasteiger partial charge in [-0.1, -0.05) is 66.7 Å². The summed E-state index contributed by atoms with van der Waals surface area (Å²) in [6, 6.07) is 23.9. The lowest BCUT2D eigenvalue weighted by atomic mass is 9.76. The van der Waals surface area contributed by atoms with E-state index in [1.54, 1.807) is 6.92 Å². The minimum atomic E-state index is 0.0407. The van der Waals surface area contributed by atoms with E-state index in [-0.39, 0.29) is 11.9 Å². The van der Waals surface area contributed by atoms with Crippen LogP contribution in [0.3, 0.4) is 0 Å². The first-order valence-electron chi connectivity index (χ1n) is 8.57. The van der Waals surface area contributed by atoms with E-state index in [9.17, 15) is 4.79 Å². The highest BCUT2D eigenvalue weighted by molar-refractivity contribution is 5.83. The van der Waals surface area contributed by atoms with Crippen molar-refractivity contribution in [2.45, 2.75) is 31.7 Å². The van der Waals surface area contributed by atoms with Gasteiger partial charge in [0.2, 0.25) is 5.91 Å². The van der Waals surface area contributed by atoms with E-state index in [1.165, 1.54) is 27.5 Å². The fraction of sp³-hybridized carbons (Fsp3) is 0.227. The Hall–Kier alpha value is -2.61. The monoisotopic (exact) mass is 315 g/mol. The predicted molar refractivity (Wildman–Crippen MR) is 98.0 cm³/mol. The zero-order valence-electron chi connectivity index (χ0n) is 13.8. The van der Waals surface area contributed by atoms with Gasteiger partial charge >= 0.3 is 0 Å². The van der Waals surface area contributed by atoms with Crippen molar-refractivity contribution in [3.8, 4) is 0 Å². The summed E-state index contributed by atoms with van der Waals surface area (Å²) in [7, 11) is 0. The van der Waals surface area contributed by atoms with Crippen molar-refractivity contribution in [3.63, 3.8) is 0 Å². The van der Waals surface area contributed by atoms with Gasteiger partial charge in [0.25, 0.3) is 0 Å². The minimum Gasteiger partial charge on any atom is -0.350 e. The third-order valence-electron chi connectivity index (χ3n) is 5.04. The molecule has 2 heteroatoms. The van der Waals surface area contributed by atoms with Crippen LogP contribution in [0.15, 0.2) is 66.7 Å². The summed E-state index contributed by atoms with van der Waals surface area (Å²) in [5, 5.41) is 5.67. The number of amides is 1. The second-order valence-corrected chi connectivity index (χ2v) is 6.62. The van der Waals surface area contributed by atoms with Crippen molar-refractivity contribution in [3.05, 3.63) is 83.4 Å². The van der Waals surface area contributed by atoms with Crippen LogP contribution in [-0.2, 0) is 4.79 Å². The first-order chi connectivity index (χ1) is 11.7. The molecule has 0 heterocycles. The number of benzene rings is 3. The Morgan fingerprint density at radius 3 is 2.38 bits per heavy atom. The Bertz CT molecular complexity index is 899. The molecule has 0 saturated carbocycles. The molecule has 0 aliphatic heterocycles. The number of carbonyl (C=O) groups excluding carboxylic acids is 1. The molecule has 1 N–H and O–H groups in total. The molecule has 0 spiro atoms. The fourth-order valence-electron chi connectivity index (χ4n) is 3.96. The summed E-state index contributed by atoms with van der Waals surface area (Å²) in [5.74, 6) is 0.440. The van der Waals surface area contributed by atoms with Crippen molar-refractivity contribution in [2.75, 3.05) is 0 Å². The predicted octanol–water partition coefficient (Wildman–Crippen LogP) is 4.94. The molecule has 120 valence electrons. The van der Waals surface area contributed by atoms with Crippen molar-refractivity contribution in [1.82, 2.24) is 5.32 Å². The third-order valence-corrected chi connectivity index (χ3v) is 5.04. The summed E-state index contributed by atoms with van der Waals surface area (Å²) in [5.41, 5.74) is 3.97. The van der Waals surface area contributed by atoms with Gasteiger partial charge in [-0.3, -0.25) is 4.79 Å². The van der Waals surface area contributed by atoms with Crippen LogP contribution in [0, 0.1) is 0 Å². The van der Waals surface area contributed by atoms with Crippen LogP contribution in [0.5, 0.6) is 0 Å². The molecule has 2 nitrogen and oxygen atoms in total. The maximum Gasteiger partial charge on any atom is 0.217 e. The molecular weight excluding hydrogens is 294 g/mol. The quantitative estimate of drug-likeness (QED) is 0.713. The molecule has 0 bridgehead atoms. The number of fused-ring (bicyclic) bond motifs is 2. The number of carbonyl (C=O) groups is 1. The van der Waals surface area contributed by atoms with Crippen LogP contribution in [0.2, 0.25) is 0 Å². The highest BCUT2D eigenvalue weighted by atomic mass is 16.1.